The van der Waals surface area contributed by atoms with E-state index in [4.69, 9.17) is 16.3 Å². The van der Waals surface area contributed by atoms with Gasteiger partial charge in [0.25, 0.3) is 27.4 Å². The molecule has 0 aliphatic rings. The number of anilines is 1. The number of para-hydroxylation sites is 1. The maximum Gasteiger partial charge on any atom is 0.431 e. The summed E-state index contributed by atoms with van der Waals surface area (Å²) in [5.41, 5.74) is -5.67. The van der Waals surface area contributed by atoms with Crippen molar-refractivity contribution in [1.82, 2.24) is 28.2 Å². The van der Waals surface area contributed by atoms with Gasteiger partial charge in [-0.2, -0.15) is 25.9 Å². The van der Waals surface area contributed by atoms with Crippen LogP contribution in [0.4, 0.5) is 28.0 Å². The molecular formula is C33H34ClF4N7O10S2. The fourth-order valence-corrected chi connectivity index (χ4v) is 6.75. The van der Waals surface area contributed by atoms with Crippen LogP contribution in [-0.2, 0) is 33.5 Å². The fraction of sp³-hybridized carbons (Fsp3) is 0.242. The molecule has 57 heavy (non-hydrogen) atoms. The number of methoxy groups -OCH3 is 1. The molecule has 3 aromatic carbocycles. The third-order valence-electron chi connectivity index (χ3n) is 7.69. The van der Waals surface area contributed by atoms with E-state index in [0.717, 1.165) is 11.4 Å². The smallest absolute Gasteiger partial charge is 0.431 e. The Bertz CT molecular complexity index is 2530. The number of amides is 4. The number of sulfonamides is 1. The summed E-state index contributed by atoms with van der Waals surface area (Å²) in [6.45, 7) is 3.05. The number of carbonyl (C=O) groups excluding carboxylic acids is 3. The first-order valence-corrected chi connectivity index (χ1v) is 19.1. The second-order valence-electron chi connectivity index (χ2n) is 11.7. The number of hydrogen-bond acceptors (Lipinski definition) is 10. The second kappa shape index (κ2) is 18.0. The molecule has 308 valence electrons. The molecule has 4 N–H and O–H groups in total. The molecule has 0 atom stereocenters. The van der Waals surface area contributed by atoms with E-state index in [1.807, 2.05) is 4.72 Å². The lowest BCUT2D eigenvalue weighted by molar-refractivity contribution is -0.144. The van der Waals surface area contributed by atoms with Crippen LogP contribution >= 0.6 is 11.6 Å². The van der Waals surface area contributed by atoms with Gasteiger partial charge in [0.2, 0.25) is 0 Å². The molecule has 1 heterocycles. The molecule has 0 unspecified atom stereocenters. The monoisotopic (exact) mass is 863 g/mol. The van der Waals surface area contributed by atoms with E-state index in [9.17, 15) is 58.4 Å². The maximum atomic E-state index is 14.5. The topological polar surface area (TPSA) is 224 Å². The molecule has 17 nitrogen and oxygen atoms in total. The van der Waals surface area contributed by atoms with E-state index >= 15 is 0 Å². The van der Waals surface area contributed by atoms with Crippen molar-refractivity contribution >= 4 is 55.4 Å². The summed E-state index contributed by atoms with van der Waals surface area (Å²) < 4.78 is 112. The van der Waals surface area contributed by atoms with E-state index in [1.165, 1.54) is 65.4 Å². The second-order valence-corrected chi connectivity index (χ2v) is 15.6. The van der Waals surface area contributed by atoms with Crippen LogP contribution < -0.4 is 36.1 Å². The van der Waals surface area contributed by atoms with Crippen LogP contribution in [0.3, 0.4) is 0 Å². The van der Waals surface area contributed by atoms with Gasteiger partial charge in [-0.3, -0.25) is 19.0 Å². The summed E-state index contributed by atoms with van der Waals surface area (Å²) in [5.74, 6) is -3.17. The Balaban J connectivity index is 0.000000315. The van der Waals surface area contributed by atoms with Crippen molar-refractivity contribution in [2.75, 3.05) is 26.5 Å². The number of aromatic nitrogens is 2. The summed E-state index contributed by atoms with van der Waals surface area (Å²) >= 11 is 5.82. The van der Waals surface area contributed by atoms with Crippen LogP contribution in [0.5, 0.6) is 5.75 Å². The average molecular weight is 864 g/mol. The molecule has 0 saturated carbocycles. The zero-order valence-corrected chi connectivity index (χ0v) is 32.9. The van der Waals surface area contributed by atoms with Gasteiger partial charge in [0.05, 0.1) is 33.8 Å². The predicted molar refractivity (Wildman–Crippen MR) is 199 cm³/mol. The Morgan fingerprint density at radius 2 is 1.47 bits per heavy atom. The number of nitrogens with zero attached hydrogens (tertiary/aromatic N) is 3. The summed E-state index contributed by atoms with van der Waals surface area (Å²) in [6, 6.07) is 11.9. The standard InChI is InChI=1S/C17H17ClF4N4O5S.C16H17N3O5S/c1-8(2)25(4)32(30,31)23-15(28)9-5-12(11(19)6-10(9)18)26-14(27)7-13(17(20,21)22)24(3)16(26)29;1-17-16(21)18-11-7-9-12(10-8-11)25(22,23)19-15(20)13-5-3-4-6-14(13)24-2/h5-8H,1-4H3,(H,23,28);3-10H,1-2H3,(H,19,20)(H2,17,18,21). The fourth-order valence-electron chi connectivity index (χ4n) is 4.50. The lowest BCUT2D eigenvalue weighted by Gasteiger charge is -2.21. The molecule has 24 heteroatoms. The molecule has 0 bridgehead atoms. The van der Waals surface area contributed by atoms with E-state index in [2.05, 4.69) is 10.6 Å². The normalized spacial score (nSPS) is 11.7. The largest absolute Gasteiger partial charge is 0.496 e. The molecule has 1 aromatic heterocycles. The number of halogens is 5. The van der Waals surface area contributed by atoms with E-state index < -0.39 is 89.3 Å². The van der Waals surface area contributed by atoms with Crippen molar-refractivity contribution in [3.8, 4) is 11.4 Å². The van der Waals surface area contributed by atoms with Crippen molar-refractivity contribution < 1.29 is 53.5 Å². The Labute approximate surface area is 327 Å². The van der Waals surface area contributed by atoms with E-state index in [1.54, 1.807) is 22.9 Å². The highest BCUT2D eigenvalue weighted by atomic mass is 35.5. The number of ether oxygens (including phenoxy) is 1. The molecule has 4 amide bonds. The first kappa shape index (κ1) is 45.6. The Kier molecular flexibility index (Phi) is 14.4. The molecule has 4 aromatic rings. The Hall–Kier alpha value is -5.78. The van der Waals surface area contributed by atoms with Gasteiger partial charge in [-0.05, 0) is 62.4 Å². The van der Waals surface area contributed by atoms with E-state index in [0.29, 0.717) is 17.8 Å². The van der Waals surface area contributed by atoms with Crippen molar-refractivity contribution in [2.45, 2.75) is 31.0 Å². The minimum atomic E-state index is -5.04. The zero-order chi connectivity index (χ0) is 43.2. The number of hydrogen-bond donors (Lipinski definition) is 4. The average Bonchev–Trinajstić information content (AvgIpc) is 3.13. The molecule has 4 rings (SSSR count). The van der Waals surface area contributed by atoms with Crippen LogP contribution in [0.2, 0.25) is 5.02 Å². The van der Waals surface area contributed by atoms with Gasteiger partial charge in [0.15, 0.2) is 0 Å². The lowest BCUT2D eigenvalue weighted by atomic mass is 10.1. The van der Waals surface area contributed by atoms with Gasteiger partial charge < -0.3 is 15.4 Å². The van der Waals surface area contributed by atoms with Gasteiger partial charge in [-0.15, -0.1) is 0 Å². The first-order valence-electron chi connectivity index (χ1n) is 15.8. The first-order chi connectivity index (χ1) is 26.4. The van der Waals surface area contributed by atoms with Gasteiger partial charge in [-0.1, -0.05) is 23.7 Å². The molecular weight excluding hydrogens is 830 g/mol. The van der Waals surface area contributed by atoms with Gasteiger partial charge in [-0.25, -0.2) is 36.4 Å². The molecule has 0 fully saturated rings. The predicted octanol–water partition coefficient (Wildman–Crippen LogP) is 3.23. The summed E-state index contributed by atoms with van der Waals surface area (Å²) in [7, 11) is -3.65. The molecule has 0 radical (unpaired) electrons. The van der Waals surface area contributed by atoms with Crippen molar-refractivity contribution in [2.24, 2.45) is 7.05 Å². The van der Waals surface area contributed by atoms with Crippen molar-refractivity contribution in [1.29, 1.82) is 0 Å². The lowest BCUT2D eigenvalue weighted by Crippen LogP contribution is -2.44. The van der Waals surface area contributed by atoms with E-state index in [-0.39, 0.29) is 31.4 Å². The summed E-state index contributed by atoms with van der Waals surface area (Å²) in [5, 5.41) is 4.31. The number of alkyl halides is 3. The highest BCUT2D eigenvalue weighted by molar-refractivity contribution is 7.90. The van der Waals surface area contributed by atoms with Crippen molar-refractivity contribution in [3.05, 3.63) is 115 Å². The van der Waals surface area contributed by atoms with Crippen LogP contribution in [-0.4, -0.2) is 75.4 Å². The van der Waals surface area contributed by atoms with Gasteiger partial charge in [0, 0.05) is 38.9 Å². The van der Waals surface area contributed by atoms with Crippen LogP contribution in [0.25, 0.3) is 5.69 Å². The number of urea groups is 1. The quantitative estimate of drug-likeness (QED) is 0.170. The minimum Gasteiger partial charge on any atom is -0.496 e. The highest BCUT2D eigenvalue weighted by Crippen LogP contribution is 2.28. The SMILES string of the molecule is CC(C)N(C)S(=O)(=O)NC(=O)c1cc(-n2c(=O)cc(C(F)(F)F)n(C)c2=O)c(F)cc1Cl.CNC(=O)Nc1ccc(S(=O)(=O)NC(=O)c2ccccc2OC)cc1. The summed E-state index contributed by atoms with van der Waals surface area (Å²) in [6.07, 6.45) is -5.04. The number of rotatable bonds is 10. The molecule has 0 aliphatic heterocycles. The zero-order valence-electron chi connectivity index (χ0n) is 30.6. The van der Waals surface area contributed by atoms with Crippen LogP contribution in [0.15, 0.2) is 81.2 Å². The molecule has 0 spiro atoms. The summed E-state index contributed by atoms with van der Waals surface area (Å²) in [4.78, 5) is 60.4. The van der Waals surface area contributed by atoms with Crippen LogP contribution in [0.1, 0.15) is 40.3 Å². The minimum absolute atomic E-state index is 0.0619. The van der Waals surface area contributed by atoms with Crippen molar-refractivity contribution in [3.63, 3.8) is 0 Å². The number of nitrogens with one attached hydrogen (secondary N) is 4. The third-order valence-corrected chi connectivity index (χ3v) is 11.0. The Morgan fingerprint density at radius 3 is 2.02 bits per heavy atom. The van der Waals surface area contributed by atoms with Gasteiger partial charge >= 0.3 is 28.1 Å². The molecule has 0 aliphatic carbocycles. The highest BCUT2D eigenvalue weighted by Gasteiger charge is 2.35. The Morgan fingerprint density at radius 1 is 0.895 bits per heavy atom. The van der Waals surface area contributed by atoms with Gasteiger partial charge in [0.1, 0.15) is 17.3 Å². The third kappa shape index (κ3) is 11.0. The number of benzene rings is 3. The number of carbonyl (C=O) groups is 3. The molecule has 0 saturated heterocycles. The maximum absolute atomic E-state index is 14.5. The van der Waals surface area contributed by atoms with Crippen LogP contribution in [0, 0.1) is 5.82 Å².